The minimum absolute atomic E-state index is 0.0599. The lowest BCUT2D eigenvalue weighted by molar-refractivity contribution is -0.139. The summed E-state index contributed by atoms with van der Waals surface area (Å²) in [4.78, 5) is 46.8. The number of carboxylic acid groups (broad SMARTS) is 1. The molecule has 35 heavy (non-hydrogen) atoms. The van der Waals surface area contributed by atoms with Crippen molar-refractivity contribution in [2.24, 2.45) is 0 Å². The maximum atomic E-state index is 12.3. The molecule has 0 spiro atoms. The molecule has 2 aromatic rings. The molecule has 0 radical (unpaired) electrons. The van der Waals surface area contributed by atoms with Gasteiger partial charge in [0.15, 0.2) is 0 Å². The number of ether oxygens (including phenoxy) is 2. The quantitative estimate of drug-likeness (QED) is 0.242. The molecule has 2 aromatic carbocycles. The molecule has 4 amide bonds. The average Bonchev–Trinajstić information content (AvgIpc) is 2.83. The Morgan fingerprint density at radius 1 is 1.00 bits per heavy atom. The summed E-state index contributed by atoms with van der Waals surface area (Å²) in [6.07, 6.45) is -0.929. The van der Waals surface area contributed by atoms with Gasteiger partial charge in [0.25, 0.3) is 5.91 Å². The highest BCUT2D eigenvalue weighted by molar-refractivity contribution is 5.97. The van der Waals surface area contributed by atoms with E-state index in [4.69, 9.17) is 9.84 Å². The topological polar surface area (TPSA) is 175 Å². The monoisotopic (exact) mass is 488 g/mol. The van der Waals surface area contributed by atoms with Crippen molar-refractivity contribution < 1.29 is 38.9 Å². The first-order chi connectivity index (χ1) is 16.8. The van der Waals surface area contributed by atoms with Crippen LogP contribution in [0, 0.1) is 0 Å². The van der Waals surface area contributed by atoms with E-state index in [-0.39, 0.29) is 37.1 Å². The second-order valence-electron chi connectivity index (χ2n) is 7.09. The van der Waals surface area contributed by atoms with Crippen molar-refractivity contribution in [1.82, 2.24) is 21.3 Å². The molecule has 0 aromatic heterocycles. The van der Waals surface area contributed by atoms with E-state index in [9.17, 15) is 24.3 Å². The number of alkyl carbamates (subject to hydrolysis) is 1. The van der Waals surface area contributed by atoms with Crippen LogP contribution < -0.4 is 26.0 Å². The molecule has 0 fully saturated rings. The van der Waals surface area contributed by atoms with E-state index in [0.29, 0.717) is 6.54 Å². The summed E-state index contributed by atoms with van der Waals surface area (Å²) in [6.45, 7) is 1.90. The number of nitrogens with one attached hydrogen (secondary N) is 4. The molecule has 6 N–H and O–H groups in total. The van der Waals surface area contributed by atoms with E-state index in [1.54, 1.807) is 6.92 Å². The maximum Gasteiger partial charge on any atom is 0.407 e. The van der Waals surface area contributed by atoms with Crippen molar-refractivity contribution in [3.05, 3.63) is 59.7 Å². The molecule has 0 saturated carbocycles. The van der Waals surface area contributed by atoms with Crippen molar-refractivity contribution in [1.29, 1.82) is 0 Å². The van der Waals surface area contributed by atoms with E-state index in [2.05, 4.69) is 26.0 Å². The van der Waals surface area contributed by atoms with Crippen molar-refractivity contribution in [2.75, 3.05) is 26.3 Å². The van der Waals surface area contributed by atoms with Crippen molar-refractivity contribution >= 4 is 24.0 Å². The Labute approximate surface area is 201 Å². The van der Waals surface area contributed by atoms with Crippen LogP contribution in [-0.4, -0.2) is 66.6 Å². The maximum absolute atomic E-state index is 12.3. The van der Waals surface area contributed by atoms with Gasteiger partial charge in [0, 0.05) is 19.2 Å². The fourth-order valence-electron chi connectivity index (χ4n) is 2.77. The third-order valence-electron chi connectivity index (χ3n) is 4.50. The second-order valence-corrected chi connectivity index (χ2v) is 7.09. The Bertz CT molecular complexity index is 1020. The van der Waals surface area contributed by atoms with Crippen LogP contribution in [0.15, 0.2) is 48.5 Å². The predicted molar refractivity (Wildman–Crippen MR) is 124 cm³/mol. The summed E-state index contributed by atoms with van der Waals surface area (Å²) in [5, 5.41) is 29.1. The van der Waals surface area contributed by atoms with Gasteiger partial charge in [0.05, 0.1) is 18.7 Å². The van der Waals surface area contributed by atoms with Crippen LogP contribution in [0.25, 0.3) is 0 Å². The smallest absolute Gasteiger partial charge is 0.407 e. The molecular weight excluding hydrogens is 460 g/mol. The van der Waals surface area contributed by atoms with Gasteiger partial charge in [0.2, 0.25) is 0 Å². The van der Waals surface area contributed by atoms with Gasteiger partial charge in [-0.15, -0.1) is 0 Å². The molecule has 0 aliphatic heterocycles. The Hall–Kier alpha value is -4.48. The molecule has 12 heteroatoms. The lowest BCUT2D eigenvalue weighted by atomic mass is 10.1. The number of phenolic OH excluding ortho intramolecular Hbond substituents is 1. The first-order valence-electron chi connectivity index (χ1n) is 10.8. The zero-order chi connectivity index (χ0) is 25.6. The van der Waals surface area contributed by atoms with Gasteiger partial charge in [-0.05, 0) is 24.6 Å². The molecule has 0 aliphatic carbocycles. The Morgan fingerprint density at radius 2 is 1.74 bits per heavy atom. The Morgan fingerprint density at radius 3 is 2.40 bits per heavy atom. The molecule has 0 heterocycles. The van der Waals surface area contributed by atoms with Gasteiger partial charge in [-0.1, -0.05) is 30.3 Å². The summed E-state index contributed by atoms with van der Waals surface area (Å²) < 4.78 is 10.1. The van der Waals surface area contributed by atoms with Crippen LogP contribution in [0.5, 0.6) is 11.5 Å². The molecule has 0 saturated heterocycles. The number of urea groups is 1. The SMILES string of the molecule is CCOC(=O)N[C@@H](CNC(=O)c1ccc(OCCNC(=O)NCc2ccccc2)cc1O)C(=O)O. The van der Waals surface area contributed by atoms with E-state index >= 15 is 0 Å². The number of carbonyl (C=O) groups excluding carboxylic acids is 3. The van der Waals surface area contributed by atoms with Crippen LogP contribution in [-0.2, 0) is 16.1 Å². The minimum atomic E-state index is -1.42. The highest BCUT2D eigenvalue weighted by atomic mass is 16.5. The first-order valence-corrected chi connectivity index (χ1v) is 10.8. The number of carboxylic acids is 1. The van der Waals surface area contributed by atoms with Gasteiger partial charge < -0.3 is 41.0 Å². The predicted octanol–water partition coefficient (Wildman–Crippen LogP) is 1.20. The summed E-state index contributed by atoms with van der Waals surface area (Å²) >= 11 is 0. The fraction of sp³-hybridized carbons (Fsp3) is 0.304. The fourth-order valence-corrected chi connectivity index (χ4v) is 2.77. The van der Waals surface area contributed by atoms with Crippen LogP contribution in [0.1, 0.15) is 22.8 Å². The largest absolute Gasteiger partial charge is 0.507 e. The molecule has 188 valence electrons. The van der Waals surface area contributed by atoms with Crippen molar-refractivity contribution in [3.8, 4) is 11.5 Å². The highest BCUT2D eigenvalue weighted by Gasteiger charge is 2.22. The summed E-state index contributed by atoms with van der Waals surface area (Å²) in [5.41, 5.74) is 0.850. The van der Waals surface area contributed by atoms with E-state index in [1.807, 2.05) is 30.3 Å². The van der Waals surface area contributed by atoms with Gasteiger partial charge >= 0.3 is 18.1 Å². The number of hydrogen-bond acceptors (Lipinski definition) is 7. The van der Waals surface area contributed by atoms with E-state index < -0.39 is 36.3 Å². The second kappa shape index (κ2) is 13.9. The lowest BCUT2D eigenvalue weighted by Crippen LogP contribution is -2.48. The van der Waals surface area contributed by atoms with Crippen LogP contribution in [0.3, 0.4) is 0 Å². The van der Waals surface area contributed by atoms with Gasteiger partial charge in [-0.3, -0.25) is 4.79 Å². The third kappa shape index (κ3) is 9.50. The molecular formula is C23H28N4O8. The zero-order valence-corrected chi connectivity index (χ0v) is 19.1. The van der Waals surface area contributed by atoms with E-state index in [1.165, 1.54) is 18.2 Å². The molecule has 1 atom stereocenters. The number of aliphatic carboxylic acids is 1. The standard InChI is InChI=1S/C23H28N4O8/c1-2-34-23(33)27-18(21(30)31)14-25-20(29)17-9-8-16(12-19(17)28)35-11-10-24-22(32)26-13-15-6-4-3-5-7-15/h3-9,12,18,28H,2,10-11,13-14H2,1H3,(H,25,29)(H,27,33)(H,30,31)(H2,24,26,32)/t18-/m0/s1. The molecule has 12 nitrogen and oxygen atoms in total. The number of phenols is 1. The van der Waals surface area contributed by atoms with Crippen LogP contribution >= 0.6 is 0 Å². The number of amides is 4. The first kappa shape index (κ1) is 26.8. The number of rotatable bonds is 12. The molecule has 0 aliphatic rings. The zero-order valence-electron chi connectivity index (χ0n) is 19.1. The summed E-state index contributed by atoms with van der Waals surface area (Å²) in [7, 11) is 0. The summed E-state index contributed by atoms with van der Waals surface area (Å²) in [5.74, 6) is -2.24. The van der Waals surface area contributed by atoms with Crippen molar-refractivity contribution in [3.63, 3.8) is 0 Å². The number of carbonyl (C=O) groups is 4. The van der Waals surface area contributed by atoms with Gasteiger partial charge in [0.1, 0.15) is 24.1 Å². The Balaban J connectivity index is 1.76. The number of hydrogen-bond donors (Lipinski definition) is 6. The molecule has 0 bridgehead atoms. The number of aromatic hydroxyl groups is 1. The minimum Gasteiger partial charge on any atom is -0.507 e. The van der Waals surface area contributed by atoms with Crippen LogP contribution in [0.4, 0.5) is 9.59 Å². The van der Waals surface area contributed by atoms with Crippen molar-refractivity contribution in [2.45, 2.75) is 19.5 Å². The van der Waals surface area contributed by atoms with E-state index in [0.717, 1.165) is 5.56 Å². The normalized spacial score (nSPS) is 11.0. The Kier molecular flexibility index (Phi) is 10.7. The van der Waals surface area contributed by atoms with Gasteiger partial charge in [-0.25, -0.2) is 14.4 Å². The molecule has 2 rings (SSSR count). The molecule has 0 unspecified atom stereocenters. The average molecular weight is 488 g/mol. The van der Waals surface area contributed by atoms with Gasteiger partial charge in [-0.2, -0.15) is 0 Å². The highest BCUT2D eigenvalue weighted by Crippen LogP contribution is 2.23. The summed E-state index contributed by atoms with van der Waals surface area (Å²) in [6, 6.07) is 11.6. The van der Waals surface area contributed by atoms with Crippen LogP contribution in [0.2, 0.25) is 0 Å². The number of benzene rings is 2. The lowest BCUT2D eigenvalue weighted by Gasteiger charge is -2.15. The third-order valence-corrected chi connectivity index (χ3v) is 4.50.